The Balaban J connectivity index is 0.000000313. The molecule has 722 valence electrons. The topological polar surface area (TPSA) is 311 Å². The summed E-state index contributed by atoms with van der Waals surface area (Å²) in [5.41, 5.74) is 4.80. The zero-order valence-electron chi connectivity index (χ0n) is 83.7. The third-order valence-electron chi connectivity index (χ3n) is 23.2. The maximum absolute atomic E-state index is 11.9. The lowest BCUT2D eigenvalue weighted by atomic mass is 9.90. The first-order valence-electron chi connectivity index (χ1n) is 47.6. The molecule has 0 amide bonds. The van der Waals surface area contributed by atoms with Gasteiger partial charge in [-0.05, 0) is 197 Å². The number of nitrogens with one attached hydrogen (secondary N) is 9. The van der Waals surface area contributed by atoms with Crippen LogP contribution in [0, 0.1) is 43.8 Å². The Morgan fingerprint density at radius 3 is 0.874 bits per heavy atom. The van der Waals surface area contributed by atoms with Crippen molar-refractivity contribution >= 4 is 91.5 Å². The largest absolute Gasteiger partial charge is 0.380 e. The highest BCUT2D eigenvalue weighted by atomic mass is 32.1. The van der Waals surface area contributed by atoms with Gasteiger partial charge in [0.1, 0.15) is 56.9 Å². The first kappa shape index (κ1) is 112. The van der Waals surface area contributed by atoms with Crippen LogP contribution in [0.5, 0.6) is 0 Å². The van der Waals surface area contributed by atoms with E-state index < -0.39 is 0 Å². The van der Waals surface area contributed by atoms with Gasteiger partial charge >= 0.3 is 0 Å². The lowest BCUT2D eigenvalue weighted by Gasteiger charge is -2.35. The molecule has 0 aliphatic carbocycles. The van der Waals surface area contributed by atoms with Crippen molar-refractivity contribution in [1.82, 2.24) is 31.1 Å². The van der Waals surface area contributed by atoms with Crippen LogP contribution in [0.15, 0.2) is 47.9 Å². The minimum Gasteiger partial charge on any atom is -0.380 e. The van der Waals surface area contributed by atoms with E-state index in [9.17, 15) is 47.9 Å². The van der Waals surface area contributed by atoms with Crippen LogP contribution in [0.25, 0.3) is 0 Å². The molecule has 0 saturated carbocycles. The highest BCUT2D eigenvalue weighted by Crippen LogP contribution is 2.32. The Morgan fingerprint density at radius 2 is 0.598 bits per heavy atom. The van der Waals surface area contributed by atoms with Crippen LogP contribution in [0.4, 0.5) is 56.9 Å². The predicted octanol–water partition coefficient (Wildman–Crippen LogP) is 13.0. The van der Waals surface area contributed by atoms with Crippen LogP contribution in [-0.4, -0.2) is 199 Å². The number of anilines is 10. The molecule has 5 aliphatic heterocycles. The molecule has 0 bridgehead atoms. The maximum atomic E-state index is 11.9. The highest BCUT2D eigenvalue weighted by molar-refractivity contribution is 7.80. The summed E-state index contributed by atoms with van der Waals surface area (Å²) in [6.07, 6.45) is 21.0. The minimum absolute atomic E-state index is 0.294. The highest BCUT2D eigenvalue weighted by Gasteiger charge is 2.33. The van der Waals surface area contributed by atoms with Crippen LogP contribution in [0.1, 0.15) is 274 Å². The Morgan fingerprint density at radius 1 is 0.346 bits per heavy atom. The van der Waals surface area contributed by atoms with Gasteiger partial charge in [0.05, 0.1) is 13.2 Å². The molecular formula is C98H172N16O11S2. The van der Waals surface area contributed by atoms with Crippen LogP contribution in [-0.2, 0) is 4.74 Å². The predicted molar refractivity (Wildman–Crippen MR) is 548 cm³/mol. The number of nitrogens with zero attached hydrogens (tertiary/aromatic N) is 7. The van der Waals surface area contributed by atoms with Crippen LogP contribution >= 0.6 is 24.4 Å². The normalized spacial score (nSPS) is 15.8. The second kappa shape index (κ2) is 52.6. The third kappa shape index (κ3) is 40.9. The summed E-state index contributed by atoms with van der Waals surface area (Å²) in [5, 5.41) is 29.9. The number of hydrogen-bond donors (Lipinski definition) is 9. The van der Waals surface area contributed by atoms with Gasteiger partial charge in [-0.25, -0.2) is 0 Å². The van der Waals surface area contributed by atoms with Crippen molar-refractivity contribution in [2.45, 2.75) is 274 Å². The molecule has 9 N–H and O–H groups in total. The van der Waals surface area contributed by atoms with Crippen LogP contribution < -0.4 is 127 Å². The van der Waals surface area contributed by atoms with Crippen molar-refractivity contribution in [2.24, 2.45) is 43.8 Å². The molecule has 5 aliphatic rings. The molecule has 5 aromatic carbocycles. The van der Waals surface area contributed by atoms with Crippen molar-refractivity contribution in [3.05, 3.63) is 102 Å². The number of rotatable bonds is 31. The van der Waals surface area contributed by atoms with Gasteiger partial charge in [-0.1, -0.05) is 152 Å². The van der Waals surface area contributed by atoms with Gasteiger partial charge < -0.3 is 86.9 Å². The van der Waals surface area contributed by atoms with E-state index in [1.54, 1.807) is 0 Å². The number of morpholine rings is 1. The zero-order chi connectivity index (χ0) is 95.6. The molecule has 0 unspecified atom stereocenters. The first-order valence-corrected chi connectivity index (χ1v) is 48.4. The summed E-state index contributed by atoms with van der Waals surface area (Å²) >= 11 is 10.0. The van der Waals surface area contributed by atoms with E-state index >= 15 is 0 Å². The molecule has 0 spiro atoms. The fourth-order valence-corrected chi connectivity index (χ4v) is 15.5. The summed E-state index contributed by atoms with van der Waals surface area (Å²) in [7, 11) is 7.82. The summed E-state index contributed by atoms with van der Waals surface area (Å²) in [6, 6.07) is 0. The lowest BCUT2D eigenvalue weighted by Crippen LogP contribution is -2.50. The van der Waals surface area contributed by atoms with Gasteiger partial charge in [-0.2, -0.15) is 0 Å². The average Bonchev–Trinajstić information content (AvgIpc) is 0.747. The van der Waals surface area contributed by atoms with Crippen LogP contribution in [0.3, 0.4) is 0 Å². The van der Waals surface area contributed by atoms with Gasteiger partial charge in [0.15, 0.2) is 10.2 Å². The van der Waals surface area contributed by atoms with E-state index in [-0.39, 0.29) is 54.3 Å². The van der Waals surface area contributed by atoms with Gasteiger partial charge in [0.25, 0.3) is 54.3 Å². The van der Waals surface area contributed by atoms with E-state index in [2.05, 4.69) is 227 Å². The van der Waals surface area contributed by atoms with E-state index in [4.69, 9.17) is 29.2 Å². The van der Waals surface area contributed by atoms with Gasteiger partial charge in [0, 0.05) is 159 Å². The maximum Gasteiger partial charge on any atom is 0.253 e. The van der Waals surface area contributed by atoms with Crippen molar-refractivity contribution < 1.29 is 4.74 Å². The molecule has 5 saturated heterocycles. The van der Waals surface area contributed by atoms with Crippen molar-refractivity contribution in [2.75, 3.05) is 230 Å². The average molecular weight is 1810 g/mol. The molecule has 127 heavy (non-hydrogen) atoms. The summed E-state index contributed by atoms with van der Waals surface area (Å²) in [6.45, 7) is 67.6. The standard InChI is InChI=1S/C17H28N2O2.C16H27N3O2.C16H26N2O2.C15H25N3O2.C15H24N2O3.C10H22N2S.C9H20N2S/c1-12-6-10-19(11-7-12)14-13(15(20)16(14)21)18-9-5-8-17(2,3)4;1-16(2,3)6-5-7-17-12-13(15(21)14(12)20)19-10-8-18(4)9-11-19;1-16(2,3)8-7-9-17-12-13(15(20)14(12)19)18-10-5-4-6-11-18;1-15(2,3)5-4-6-17-11-12(14(20)13(11)19)18-9-7-16-8-10-18;1-15(2,3)5-4-6-16-11-12(14(19)13(11)18)17-7-9-20-10-8-17;1-10(2,3)7-6-8-11-9(13)12(4)5;1-9(2,3)6-5-7-11-8(12)10-4/h12,18H,5-11H2,1-4H3;17H,5-11H2,1-4H3;17H,4-11H2,1-3H3;16-17H,4-10H2,1-3H3;16H,4-10H2,1-3H3;6-8H2,1-5H3,(H,11,13);5-7H2,1-4H3,(H2,10,11,12). The Bertz CT molecular complexity index is 4140. The number of piperidine rings is 2. The van der Waals surface area contributed by atoms with Crippen molar-refractivity contribution in [3.8, 4) is 0 Å². The first-order chi connectivity index (χ1) is 59.1. The van der Waals surface area contributed by atoms with Gasteiger partial charge in [0.2, 0.25) is 0 Å². The smallest absolute Gasteiger partial charge is 0.253 e. The molecular weight excluding hydrogens is 1640 g/mol. The fraction of sp³-hybridized carbons (Fsp3) is 0.776. The van der Waals surface area contributed by atoms with Crippen LogP contribution in [0.2, 0.25) is 0 Å². The molecule has 27 nitrogen and oxygen atoms in total. The zero-order valence-corrected chi connectivity index (χ0v) is 85.3. The molecule has 5 fully saturated rings. The van der Waals surface area contributed by atoms with E-state index in [0.29, 0.717) is 121 Å². The summed E-state index contributed by atoms with van der Waals surface area (Å²) in [4.78, 5) is 132. The second-order valence-corrected chi connectivity index (χ2v) is 45.0. The van der Waals surface area contributed by atoms with E-state index in [1.165, 1.54) is 32.1 Å². The second-order valence-electron chi connectivity index (χ2n) is 44.2. The molecule has 5 aromatic rings. The molecule has 0 atom stereocenters. The number of ether oxygens (including phenoxy) is 1. The van der Waals surface area contributed by atoms with Crippen molar-refractivity contribution in [3.63, 3.8) is 0 Å². The Kier molecular flexibility index (Phi) is 46.4. The monoisotopic (exact) mass is 1810 g/mol. The van der Waals surface area contributed by atoms with Crippen molar-refractivity contribution in [1.29, 1.82) is 0 Å². The molecule has 0 radical (unpaired) electrons. The number of piperazine rings is 2. The quantitative estimate of drug-likeness (QED) is 0.0113. The van der Waals surface area contributed by atoms with E-state index in [0.717, 1.165) is 230 Å². The van der Waals surface area contributed by atoms with Gasteiger partial charge in [-0.15, -0.1) is 0 Å². The van der Waals surface area contributed by atoms with E-state index in [1.807, 2.05) is 35.8 Å². The Labute approximate surface area is 773 Å². The Hall–Kier alpha value is -7.34. The fourth-order valence-electron chi connectivity index (χ4n) is 15.3. The SMILES string of the molecule is CC(C)(C)CCCNc1c(N2CCCCC2)c(=O)c1=O.CC(C)(C)CCCNc1c(N2CCNCC2)c(=O)c1=O.CC(C)(C)CCCNc1c(N2CCOCC2)c(=O)c1=O.CC1CCN(c2c(NCCCC(C)(C)C)c(=O)c2=O)CC1.CN(C)C(=S)NCCCC(C)(C)C.CN1CCN(c2c(NCCCC(C)(C)C)c(=O)c2=O)CC1.CNC(=S)NCCCC(C)(C)C. The molecule has 10 rings (SSSR count). The third-order valence-corrected chi connectivity index (χ3v) is 24.1. The molecule has 0 aromatic heterocycles. The van der Waals surface area contributed by atoms with Gasteiger partial charge in [-0.3, -0.25) is 47.9 Å². The minimum atomic E-state index is -0.373. The summed E-state index contributed by atoms with van der Waals surface area (Å²) < 4.78 is 5.27. The molecule has 29 heteroatoms. The number of hydrogen-bond acceptors (Lipinski definition) is 25. The number of thiocarbonyl (C=S) groups is 2. The number of likely N-dealkylation sites (N-methyl/N-ethyl adjacent to an activating group) is 1. The summed E-state index contributed by atoms with van der Waals surface area (Å²) in [5.74, 6) is 0.718. The molecule has 5 heterocycles. The lowest BCUT2D eigenvalue weighted by molar-refractivity contribution is 0.122.